The van der Waals surface area contributed by atoms with E-state index < -0.39 is 0 Å². The number of methoxy groups -OCH3 is 2. The third kappa shape index (κ3) is 3.36. The Morgan fingerprint density at radius 1 is 1.05 bits per heavy atom. The van der Waals surface area contributed by atoms with Gasteiger partial charge in [0.1, 0.15) is 11.8 Å². The van der Waals surface area contributed by atoms with E-state index in [1.54, 1.807) is 42.5 Å². The third-order valence-electron chi connectivity index (χ3n) is 3.07. The molecule has 0 saturated heterocycles. The van der Waals surface area contributed by atoms with Crippen LogP contribution in [0.4, 0.5) is 0 Å². The zero-order valence-corrected chi connectivity index (χ0v) is 12.3. The molecule has 0 atom stereocenters. The third-order valence-corrected chi connectivity index (χ3v) is 3.07. The van der Waals surface area contributed by atoms with Gasteiger partial charge in [-0.15, -0.1) is 0 Å². The van der Waals surface area contributed by atoms with Gasteiger partial charge in [-0.3, -0.25) is 4.79 Å². The van der Waals surface area contributed by atoms with Crippen LogP contribution in [0, 0.1) is 11.3 Å². The Bertz CT molecular complexity index is 719. The van der Waals surface area contributed by atoms with Crippen LogP contribution in [0.5, 0.6) is 17.2 Å². The van der Waals surface area contributed by atoms with E-state index in [9.17, 15) is 4.79 Å². The summed E-state index contributed by atoms with van der Waals surface area (Å²) in [4.78, 5) is 12.2. The molecule has 0 N–H and O–H groups in total. The number of rotatable bonds is 6. The van der Waals surface area contributed by atoms with Crippen LogP contribution in [0.15, 0.2) is 42.5 Å². The Balaban J connectivity index is 2.11. The van der Waals surface area contributed by atoms with Crippen molar-refractivity contribution >= 4 is 5.78 Å². The SMILES string of the molecule is COc1ccc(C(=O)COc2ccccc2C#N)cc1OC. The molecule has 0 heterocycles. The number of ketones is 1. The van der Waals surface area contributed by atoms with E-state index in [-0.39, 0.29) is 12.4 Å². The highest BCUT2D eigenvalue weighted by Gasteiger charge is 2.12. The Kier molecular flexibility index (Phi) is 4.99. The Hall–Kier alpha value is -3.00. The summed E-state index contributed by atoms with van der Waals surface area (Å²) in [5, 5.41) is 8.98. The number of hydrogen-bond donors (Lipinski definition) is 0. The molecule has 2 aromatic carbocycles. The van der Waals surface area contributed by atoms with Crippen molar-refractivity contribution in [3.05, 3.63) is 53.6 Å². The second kappa shape index (κ2) is 7.14. The van der Waals surface area contributed by atoms with E-state index in [1.807, 2.05) is 6.07 Å². The lowest BCUT2D eigenvalue weighted by molar-refractivity contribution is 0.0921. The van der Waals surface area contributed by atoms with E-state index in [4.69, 9.17) is 19.5 Å². The number of hydrogen-bond acceptors (Lipinski definition) is 5. The summed E-state index contributed by atoms with van der Waals surface area (Å²) in [6.45, 7) is -0.159. The van der Waals surface area contributed by atoms with E-state index in [0.717, 1.165) is 0 Å². The molecule has 0 radical (unpaired) electrons. The molecule has 0 aromatic heterocycles. The van der Waals surface area contributed by atoms with Crippen LogP contribution in [-0.2, 0) is 0 Å². The van der Waals surface area contributed by atoms with Crippen LogP contribution in [-0.4, -0.2) is 26.6 Å². The fourth-order valence-electron chi connectivity index (χ4n) is 1.92. The normalized spacial score (nSPS) is 9.68. The van der Waals surface area contributed by atoms with Crippen LogP contribution in [0.2, 0.25) is 0 Å². The van der Waals surface area contributed by atoms with Gasteiger partial charge in [0.25, 0.3) is 0 Å². The van der Waals surface area contributed by atoms with Crippen molar-refractivity contribution in [3.8, 4) is 23.3 Å². The predicted molar refractivity (Wildman–Crippen MR) is 80.5 cm³/mol. The Morgan fingerprint density at radius 3 is 2.45 bits per heavy atom. The number of nitriles is 1. The van der Waals surface area contributed by atoms with Crippen molar-refractivity contribution in [1.29, 1.82) is 5.26 Å². The number of benzene rings is 2. The molecule has 0 spiro atoms. The van der Waals surface area contributed by atoms with Gasteiger partial charge in [0.05, 0.1) is 19.8 Å². The van der Waals surface area contributed by atoms with Gasteiger partial charge < -0.3 is 14.2 Å². The first-order valence-corrected chi connectivity index (χ1v) is 6.56. The molecule has 22 heavy (non-hydrogen) atoms. The molecule has 2 aromatic rings. The zero-order chi connectivity index (χ0) is 15.9. The van der Waals surface area contributed by atoms with Crippen LogP contribution in [0.1, 0.15) is 15.9 Å². The number of carbonyl (C=O) groups is 1. The van der Waals surface area contributed by atoms with Gasteiger partial charge in [0.2, 0.25) is 0 Å². The predicted octanol–water partition coefficient (Wildman–Crippen LogP) is 2.84. The van der Waals surface area contributed by atoms with Gasteiger partial charge in [-0.05, 0) is 30.3 Å². The van der Waals surface area contributed by atoms with Crippen LogP contribution in [0.25, 0.3) is 0 Å². The second-order valence-corrected chi connectivity index (χ2v) is 4.39. The Morgan fingerprint density at radius 2 is 1.77 bits per heavy atom. The molecule has 0 bridgehead atoms. The molecule has 0 unspecified atom stereocenters. The molecule has 0 amide bonds. The first-order chi connectivity index (χ1) is 10.7. The summed E-state index contributed by atoms with van der Waals surface area (Å²) in [5.74, 6) is 1.20. The summed E-state index contributed by atoms with van der Waals surface area (Å²) in [6.07, 6.45) is 0. The monoisotopic (exact) mass is 297 g/mol. The minimum atomic E-state index is -0.214. The minimum Gasteiger partial charge on any atom is -0.493 e. The highest BCUT2D eigenvalue weighted by atomic mass is 16.5. The van der Waals surface area contributed by atoms with Crippen molar-refractivity contribution in [2.24, 2.45) is 0 Å². The van der Waals surface area contributed by atoms with Crippen molar-refractivity contribution in [3.63, 3.8) is 0 Å². The van der Waals surface area contributed by atoms with Gasteiger partial charge in [-0.2, -0.15) is 5.26 Å². The van der Waals surface area contributed by atoms with Crippen molar-refractivity contribution < 1.29 is 19.0 Å². The van der Waals surface area contributed by atoms with Gasteiger partial charge in [-0.25, -0.2) is 0 Å². The summed E-state index contributed by atoms with van der Waals surface area (Å²) >= 11 is 0. The maximum Gasteiger partial charge on any atom is 0.200 e. The lowest BCUT2D eigenvalue weighted by Crippen LogP contribution is -2.12. The molecule has 112 valence electrons. The second-order valence-electron chi connectivity index (χ2n) is 4.39. The van der Waals surface area contributed by atoms with Gasteiger partial charge in [0, 0.05) is 5.56 Å². The quantitative estimate of drug-likeness (QED) is 0.767. The summed E-state index contributed by atoms with van der Waals surface area (Å²) in [5.41, 5.74) is 0.842. The standard InChI is InChI=1S/C17H15NO4/c1-20-16-8-7-12(9-17(16)21-2)14(19)11-22-15-6-4-3-5-13(15)10-18/h3-9H,11H2,1-2H3. The molecule has 0 saturated carbocycles. The molecular formula is C17H15NO4. The molecule has 0 fully saturated rings. The average Bonchev–Trinajstić information content (AvgIpc) is 2.59. The summed E-state index contributed by atoms with van der Waals surface area (Å²) < 4.78 is 15.7. The van der Waals surface area contributed by atoms with Crippen molar-refractivity contribution in [2.75, 3.05) is 20.8 Å². The first kappa shape index (κ1) is 15.4. The van der Waals surface area contributed by atoms with E-state index in [0.29, 0.717) is 28.4 Å². The molecule has 2 rings (SSSR count). The molecular weight excluding hydrogens is 282 g/mol. The molecule has 5 heteroatoms. The molecule has 0 aliphatic rings. The highest BCUT2D eigenvalue weighted by Crippen LogP contribution is 2.27. The number of para-hydroxylation sites is 1. The molecule has 0 aliphatic carbocycles. The van der Waals surface area contributed by atoms with Crippen LogP contribution in [0.3, 0.4) is 0 Å². The van der Waals surface area contributed by atoms with Crippen molar-refractivity contribution in [1.82, 2.24) is 0 Å². The maximum atomic E-state index is 12.2. The number of carbonyl (C=O) groups excluding carboxylic acids is 1. The largest absolute Gasteiger partial charge is 0.493 e. The molecule has 0 aliphatic heterocycles. The van der Waals surface area contributed by atoms with Gasteiger partial charge in [0.15, 0.2) is 23.9 Å². The highest BCUT2D eigenvalue weighted by molar-refractivity contribution is 5.97. The van der Waals surface area contributed by atoms with Crippen LogP contribution < -0.4 is 14.2 Å². The lowest BCUT2D eigenvalue weighted by atomic mass is 10.1. The number of nitrogens with zero attached hydrogens (tertiary/aromatic N) is 1. The van der Waals surface area contributed by atoms with Crippen molar-refractivity contribution in [2.45, 2.75) is 0 Å². The Labute approximate surface area is 128 Å². The van der Waals surface area contributed by atoms with E-state index >= 15 is 0 Å². The van der Waals surface area contributed by atoms with Gasteiger partial charge >= 0.3 is 0 Å². The van der Waals surface area contributed by atoms with E-state index in [2.05, 4.69) is 0 Å². The van der Waals surface area contributed by atoms with Crippen LogP contribution >= 0.6 is 0 Å². The summed E-state index contributed by atoms with van der Waals surface area (Å²) in [6, 6.07) is 13.7. The zero-order valence-electron chi connectivity index (χ0n) is 12.3. The van der Waals surface area contributed by atoms with Gasteiger partial charge in [-0.1, -0.05) is 12.1 Å². The smallest absolute Gasteiger partial charge is 0.200 e. The lowest BCUT2D eigenvalue weighted by Gasteiger charge is -2.10. The summed E-state index contributed by atoms with van der Waals surface area (Å²) in [7, 11) is 3.03. The molecule has 5 nitrogen and oxygen atoms in total. The topological polar surface area (TPSA) is 68.5 Å². The number of ether oxygens (including phenoxy) is 3. The minimum absolute atomic E-state index is 0.159. The fraction of sp³-hybridized carbons (Fsp3) is 0.176. The average molecular weight is 297 g/mol. The fourth-order valence-corrected chi connectivity index (χ4v) is 1.92. The first-order valence-electron chi connectivity index (χ1n) is 6.56. The number of Topliss-reactive ketones (excluding diaryl/α,β-unsaturated/α-hetero) is 1. The van der Waals surface area contributed by atoms with E-state index in [1.165, 1.54) is 14.2 Å². The maximum absolute atomic E-state index is 12.2.